The highest BCUT2D eigenvalue weighted by Gasteiger charge is 2.32. The average Bonchev–Trinajstić information content (AvgIpc) is 2.71. The summed E-state index contributed by atoms with van der Waals surface area (Å²) in [6.45, 7) is 0. The van der Waals surface area contributed by atoms with E-state index >= 15 is 0 Å². The van der Waals surface area contributed by atoms with Gasteiger partial charge < -0.3 is 10.1 Å². The summed E-state index contributed by atoms with van der Waals surface area (Å²) in [4.78, 5) is 25.1. The predicted molar refractivity (Wildman–Crippen MR) is 102 cm³/mol. The van der Waals surface area contributed by atoms with Crippen LogP contribution in [-0.2, 0) is 4.79 Å². The minimum atomic E-state index is -0.653. The number of nitrogens with two attached hydrogens (primary N) is 1. The molecule has 1 aliphatic rings. The number of ether oxygens (including phenoxy) is 1. The normalized spacial score (nSPS) is 14.3. The third-order valence-corrected chi connectivity index (χ3v) is 4.47. The highest BCUT2D eigenvalue weighted by molar-refractivity contribution is 6.05. The van der Waals surface area contributed by atoms with Crippen LogP contribution in [0.3, 0.4) is 0 Å². The molecule has 1 atom stereocenters. The van der Waals surface area contributed by atoms with Crippen LogP contribution in [0.2, 0.25) is 0 Å². The highest BCUT2D eigenvalue weighted by Crippen LogP contribution is 2.44. The summed E-state index contributed by atoms with van der Waals surface area (Å²) in [6, 6.07) is 21.5. The molecule has 0 aromatic heterocycles. The van der Waals surface area contributed by atoms with Crippen molar-refractivity contribution in [1.82, 2.24) is 5.43 Å². The molecule has 1 aliphatic heterocycles. The van der Waals surface area contributed by atoms with E-state index in [0.29, 0.717) is 33.9 Å². The van der Waals surface area contributed by atoms with E-state index in [1.54, 1.807) is 36.4 Å². The molecule has 0 saturated heterocycles. The number of hydrazine groups is 1. The highest BCUT2D eigenvalue weighted by atomic mass is 16.5. The van der Waals surface area contributed by atoms with Crippen LogP contribution in [-0.4, -0.2) is 11.8 Å². The van der Waals surface area contributed by atoms with Gasteiger partial charge in [-0.25, -0.2) is 5.84 Å². The van der Waals surface area contributed by atoms with Gasteiger partial charge >= 0.3 is 0 Å². The van der Waals surface area contributed by atoms with E-state index in [-0.39, 0.29) is 11.8 Å². The van der Waals surface area contributed by atoms with Gasteiger partial charge in [0.25, 0.3) is 5.91 Å². The quantitative estimate of drug-likeness (QED) is 0.380. The molecule has 0 bridgehead atoms. The van der Waals surface area contributed by atoms with E-state index < -0.39 is 5.92 Å². The van der Waals surface area contributed by atoms with Crippen LogP contribution < -0.4 is 21.3 Å². The Morgan fingerprint density at radius 2 is 1.56 bits per heavy atom. The van der Waals surface area contributed by atoms with Crippen LogP contribution in [0.15, 0.2) is 72.8 Å². The van der Waals surface area contributed by atoms with Crippen molar-refractivity contribution in [2.45, 2.75) is 5.92 Å². The molecule has 1 heterocycles. The molecular weight excluding hydrogens is 342 g/mol. The minimum Gasteiger partial charge on any atom is -0.457 e. The van der Waals surface area contributed by atoms with E-state index in [1.807, 2.05) is 36.4 Å². The molecule has 0 radical (unpaired) electrons. The Labute approximate surface area is 155 Å². The van der Waals surface area contributed by atoms with Crippen LogP contribution >= 0.6 is 0 Å². The van der Waals surface area contributed by atoms with Crippen LogP contribution in [0.4, 0.5) is 5.69 Å². The van der Waals surface area contributed by atoms with Gasteiger partial charge in [-0.05, 0) is 36.4 Å². The number of amides is 2. The predicted octanol–water partition coefficient (Wildman–Crippen LogP) is 3.17. The first-order valence-corrected chi connectivity index (χ1v) is 8.45. The van der Waals surface area contributed by atoms with Crippen LogP contribution in [0.1, 0.15) is 27.4 Å². The van der Waals surface area contributed by atoms with Crippen molar-refractivity contribution in [2.75, 3.05) is 5.32 Å². The minimum absolute atomic E-state index is 0.269. The molecule has 4 N–H and O–H groups in total. The Morgan fingerprint density at radius 3 is 2.33 bits per heavy atom. The van der Waals surface area contributed by atoms with Gasteiger partial charge in [0.15, 0.2) is 0 Å². The summed E-state index contributed by atoms with van der Waals surface area (Å²) < 4.78 is 5.90. The molecule has 0 fully saturated rings. The lowest BCUT2D eigenvalue weighted by Gasteiger charge is -2.27. The Bertz CT molecular complexity index is 1020. The molecule has 6 nitrogen and oxygen atoms in total. The van der Waals surface area contributed by atoms with Crippen molar-refractivity contribution < 1.29 is 14.3 Å². The average molecular weight is 359 g/mol. The zero-order valence-corrected chi connectivity index (χ0v) is 14.3. The molecule has 27 heavy (non-hydrogen) atoms. The van der Waals surface area contributed by atoms with Crippen molar-refractivity contribution in [3.63, 3.8) is 0 Å². The number of carbonyl (C=O) groups is 2. The van der Waals surface area contributed by atoms with Crippen LogP contribution in [0.5, 0.6) is 11.5 Å². The Balaban J connectivity index is 1.72. The molecule has 6 heteroatoms. The van der Waals surface area contributed by atoms with Crippen molar-refractivity contribution in [1.29, 1.82) is 0 Å². The topological polar surface area (TPSA) is 93.4 Å². The number of benzene rings is 3. The molecule has 0 saturated carbocycles. The maximum atomic E-state index is 12.6. The fraction of sp³-hybridized carbons (Fsp3) is 0.0476. The lowest BCUT2D eigenvalue weighted by atomic mass is 9.86. The lowest BCUT2D eigenvalue weighted by molar-refractivity contribution is -0.121. The lowest BCUT2D eigenvalue weighted by Crippen LogP contribution is -2.36. The number of nitrogens with one attached hydrogen (secondary N) is 2. The number of hydrogen-bond acceptors (Lipinski definition) is 4. The number of anilines is 1. The van der Waals surface area contributed by atoms with E-state index in [4.69, 9.17) is 10.6 Å². The summed E-state index contributed by atoms with van der Waals surface area (Å²) in [5, 5.41) is 2.84. The van der Waals surface area contributed by atoms with Gasteiger partial charge in [0, 0.05) is 22.4 Å². The van der Waals surface area contributed by atoms with Crippen molar-refractivity contribution in [2.24, 2.45) is 5.84 Å². The Morgan fingerprint density at radius 1 is 0.852 bits per heavy atom. The monoisotopic (exact) mass is 359 g/mol. The molecule has 2 amide bonds. The largest absolute Gasteiger partial charge is 0.457 e. The maximum absolute atomic E-state index is 12.6. The molecule has 134 valence electrons. The molecule has 3 aromatic rings. The van der Waals surface area contributed by atoms with Crippen LogP contribution in [0, 0.1) is 0 Å². The summed E-state index contributed by atoms with van der Waals surface area (Å²) >= 11 is 0. The van der Waals surface area contributed by atoms with Gasteiger partial charge in [-0.1, -0.05) is 36.4 Å². The molecule has 3 aromatic carbocycles. The van der Waals surface area contributed by atoms with Gasteiger partial charge in [-0.3, -0.25) is 15.0 Å². The third kappa shape index (κ3) is 3.14. The second kappa shape index (κ2) is 6.93. The maximum Gasteiger partial charge on any atom is 0.255 e. The second-order valence-corrected chi connectivity index (χ2v) is 6.15. The smallest absolute Gasteiger partial charge is 0.255 e. The molecule has 1 unspecified atom stereocenters. The Hall–Kier alpha value is -3.64. The third-order valence-electron chi connectivity index (χ3n) is 4.47. The van der Waals surface area contributed by atoms with Crippen molar-refractivity contribution >= 4 is 17.5 Å². The van der Waals surface area contributed by atoms with E-state index in [0.717, 1.165) is 0 Å². The fourth-order valence-electron chi connectivity index (χ4n) is 3.20. The number of carbonyl (C=O) groups excluding carboxylic acids is 2. The zero-order chi connectivity index (χ0) is 18.8. The number of rotatable bonds is 3. The zero-order valence-electron chi connectivity index (χ0n) is 14.3. The first kappa shape index (κ1) is 16.8. The van der Waals surface area contributed by atoms with E-state index in [1.165, 1.54) is 0 Å². The summed E-state index contributed by atoms with van der Waals surface area (Å²) in [6.07, 6.45) is 0. The second-order valence-electron chi connectivity index (χ2n) is 6.15. The number of fused-ring (bicyclic) bond motifs is 2. The molecule has 4 rings (SSSR count). The SMILES string of the molecule is NNC(=O)C1c2ccccc2Oc2ccc(C(=O)Nc3ccccc3)cc21. The van der Waals surface area contributed by atoms with Crippen molar-refractivity contribution in [3.05, 3.63) is 89.5 Å². The van der Waals surface area contributed by atoms with Gasteiger partial charge in [0.2, 0.25) is 5.91 Å². The first-order valence-electron chi connectivity index (χ1n) is 8.45. The standard InChI is InChI=1S/C21H17N3O3/c22-24-21(26)19-15-8-4-5-9-17(15)27-18-11-10-13(12-16(18)19)20(25)23-14-6-2-1-3-7-14/h1-12,19H,22H2,(H,23,25)(H,24,26). The molecule has 0 aliphatic carbocycles. The van der Waals surface area contributed by atoms with E-state index in [2.05, 4.69) is 10.7 Å². The van der Waals surface area contributed by atoms with Crippen molar-refractivity contribution in [3.8, 4) is 11.5 Å². The molecule has 0 spiro atoms. The number of para-hydroxylation sites is 2. The van der Waals surface area contributed by atoms with Gasteiger partial charge in [0.1, 0.15) is 11.5 Å². The van der Waals surface area contributed by atoms with Gasteiger partial charge in [0.05, 0.1) is 5.92 Å². The molecular formula is C21H17N3O3. The van der Waals surface area contributed by atoms with Gasteiger partial charge in [-0.2, -0.15) is 0 Å². The van der Waals surface area contributed by atoms with Gasteiger partial charge in [-0.15, -0.1) is 0 Å². The number of hydrogen-bond donors (Lipinski definition) is 3. The first-order chi connectivity index (χ1) is 13.2. The fourth-order valence-corrected chi connectivity index (χ4v) is 3.20. The summed E-state index contributed by atoms with van der Waals surface area (Å²) in [7, 11) is 0. The Kier molecular flexibility index (Phi) is 4.32. The van der Waals surface area contributed by atoms with Crippen LogP contribution in [0.25, 0.3) is 0 Å². The summed E-state index contributed by atoms with van der Waals surface area (Å²) in [5.74, 6) is 5.23. The summed E-state index contributed by atoms with van der Waals surface area (Å²) in [5.41, 5.74) is 4.63. The van der Waals surface area contributed by atoms with E-state index in [9.17, 15) is 9.59 Å².